The smallest absolute Gasteiger partial charge is 0.332 e. The van der Waals surface area contributed by atoms with Gasteiger partial charge in [0.15, 0.2) is 22.7 Å². The number of fused-ring (bicyclic) bond motifs is 1. The van der Waals surface area contributed by atoms with Gasteiger partial charge in [-0.05, 0) is 30.7 Å². The zero-order chi connectivity index (χ0) is 29.4. The average Bonchev–Trinajstić information content (AvgIpc) is 3.37. The lowest BCUT2D eigenvalue weighted by atomic mass is 10.2. The van der Waals surface area contributed by atoms with Crippen LogP contribution in [0.1, 0.15) is 25.3 Å². The molecule has 2 atom stereocenters. The van der Waals surface area contributed by atoms with Crippen LogP contribution in [0.25, 0.3) is 11.2 Å². The maximum atomic E-state index is 13.0. The van der Waals surface area contributed by atoms with Crippen molar-refractivity contribution in [3.63, 3.8) is 0 Å². The molecule has 11 heteroatoms. The van der Waals surface area contributed by atoms with E-state index in [2.05, 4.69) is 11.9 Å². The molecule has 2 aromatic heterocycles. The molecule has 0 spiro atoms. The third kappa shape index (κ3) is 7.63. The van der Waals surface area contributed by atoms with Gasteiger partial charge in [0.2, 0.25) is 0 Å². The van der Waals surface area contributed by atoms with Crippen LogP contribution in [0.5, 0.6) is 11.5 Å². The molecular weight excluding hydrogens is 526 g/mol. The number of hydrogen-bond donors (Lipinski definition) is 2. The number of nitrogens with zero attached hydrogens (tertiary/aromatic N) is 5. The standard InChI is InChI=1S/C30H39N5O6/c1-4-5-15-34(16-23(36)18-35-29(38)27-28(31-21-32(27)2)33(3)30(35)39)17-24(37)20-41-26-14-10-9-13-25(26)40-19-22-11-7-6-8-12-22/h6-14,21,23-24,36-37H,4-5,15-20H2,1-3H3. The van der Waals surface area contributed by atoms with Crippen LogP contribution in [0.15, 0.2) is 70.5 Å². The van der Waals surface area contributed by atoms with Crippen molar-refractivity contribution in [1.82, 2.24) is 23.6 Å². The molecule has 220 valence electrons. The molecule has 0 aliphatic heterocycles. The number of imidazole rings is 1. The quantitative estimate of drug-likeness (QED) is 0.224. The number of ether oxygens (including phenoxy) is 2. The van der Waals surface area contributed by atoms with Crippen molar-refractivity contribution in [3.05, 3.63) is 87.3 Å². The molecule has 0 aliphatic carbocycles. The molecule has 41 heavy (non-hydrogen) atoms. The average molecular weight is 566 g/mol. The van der Waals surface area contributed by atoms with E-state index in [4.69, 9.17) is 9.47 Å². The van der Waals surface area contributed by atoms with Crippen LogP contribution < -0.4 is 20.7 Å². The summed E-state index contributed by atoms with van der Waals surface area (Å²) in [6.45, 7) is 3.37. The van der Waals surface area contributed by atoms with E-state index < -0.39 is 23.5 Å². The number of aryl methyl sites for hydroxylation is 2. The van der Waals surface area contributed by atoms with E-state index in [1.807, 2.05) is 53.4 Å². The lowest BCUT2D eigenvalue weighted by molar-refractivity contribution is 0.0395. The maximum absolute atomic E-state index is 13.0. The third-order valence-corrected chi connectivity index (χ3v) is 6.88. The van der Waals surface area contributed by atoms with Gasteiger partial charge in [-0.25, -0.2) is 9.78 Å². The van der Waals surface area contributed by atoms with Crippen molar-refractivity contribution in [3.8, 4) is 11.5 Å². The maximum Gasteiger partial charge on any atom is 0.332 e. The van der Waals surface area contributed by atoms with Crippen LogP contribution in [0.4, 0.5) is 0 Å². The summed E-state index contributed by atoms with van der Waals surface area (Å²) < 4.78 is 15.8. The predicted molar refractivity (Wildman–Crippen MR) is 156 cm³/mol. The monoisotopic (exact) mass is 565 g/mol. The summed E-state index contributed by atoms with van der Waals surface area (Å²) >= 11 is 0. The van der Waals surface area contributed by atoms with Gasteiger partial charge in [0.05, 0.1) is 19.0 Å². The lowest BCUT2D eigenvalue weighted by Crippen LogP contribution is -2.46. The highest BCUT2D eigenvalue weighted by atomic mass is 16.5. The first kappa shape index (κ1) is 30.0. The third-order valence-electron chi connectivity index (χ3n) is 6.88. The largest absolute Gasteiger partial charge is 0.487 e. The minimum absolute atomic E-state index is 0.0294. The number of unbranched alkanes of at least 4 members (excludes halogenated alkanes) is 1. The Balaban J connectivity index is 1.37. The molecule has 2 N–H and O–H groups in total. The molecule has 0 saturated carbocycles. The van der Waals surface area contributed by atoms with Crippen LogP contribution in [-0.2, 0) is 27.2 Å². The Labute approximate surface area is 238 Å². The van der Waals surface area contributed by atoms with E-state index in [1.54, 1.807) is 24.7 Å². The highest BCUT2D eigenvalue weighted by molar-refractivity contribution is 5.69. The van der Waals surface area contributed by atoms with Crippen molar-refractivity contribution in [2.45, 2.75) is 45.1 Å². The van der Waals surface area contributed by atoms with E-state index in [0.29, 0.717) is 35.8 Å². The summed E-state index contributed by atoms with van der Waals surface area (Å²) in [7, 11) is 3.24. The molecule has 2 heterocycles. The summed E-state index contributed by atoms with van der Waals surface area (Å²) in [5.41, 5.74) is 0.592. The lowest BCUT2D eigenvalue weighted by Gasteiger charge is -2.27. The van der Waals surface area contributed by atoms with Gasteiger partial charge in [-0.15, -0.1) is 0 Å². The van der Waals surface area contributed by atoms with Gasteiger partial charge in [0.1, 0.15) is 19.3 Å². The molecule has 0 radical (unpaired) electrons. The zero-order valence-electron chi connectivity index (χ0n) is 23.8. The zero-order valence-corrected chi connectivity index (χ0v) is 23.8. The summed E-state index contributed by atoms with van der Waals surface area (Å²) in [5.74, 6) is 1.11. The summed E-state index contributed by atoms with van der Waals surface area (Å²) in [5, 5.41) is 21.7. The van der Waals surface area contributed by atoms with Crippen LogP contribution in [0, 0.1) is 0 Å². The first-order valence-electron chi connectivity index (χ1n) is 13.9. The number of rotatable bonds is 15. The molecular formula is C30H39N5O6. The SMILES string of the molecule is CCCCN(CC(O)COc1ccccc1OCc1ccccc1)CC(O)Cn1c(=O)c2c(ncn2C)n(C)c1=O. The molecule has 2 unspecified atom stereocenters. The molecule has 0 bridgehead atoms. The minimum Gasteiger partial charge on any atom is -0.487 e. The number of aromatic nitrogens is 4. The van der Waals surface area contributed by atoms with Gasteiger partial charge in [-0.2, -0.15) is 0 Å². The Morgan fingerprint density at radius 3 is 2.29 bits per heavy atom. The fraction of sp³-hybridized carbons (Fsp3) is 0.433. The minimum atomic E-state index is -1.01. The summed E-state index contributed by atoms with van der Waals surface area (Å²) in [6, 6.07) is 17.2. The number of hydrogen-bond acceptors (Lipinski definition) is 8. The second kappa shape index (κ2) is 14.1. The van der Waals surface area contributed by atoms with Crippen LogP contribution in [-0.4, -0.2) is 72.2 Å². The van der Waals surface area contributed by atoms with Crippen molar-refractivity contribution < 1.29 is 19.7 Å². The molecule has 2 aromatic carbocycles. The Bertz CT molecular complexity index is 1530. The highest BCUT2D eigenvalue weighted by Gasteiger charge is 2.21. The van der Waals surface area contributed by atoms with Crippen molar-refractivity contribution >= 4 is 11.2 Å². The van der Waals surface area contributed by atoms with E-state index >= 15 is 0 Å². The Morgan fingerprint density at radius 2 is 1.59 bits per heavy atom. The number of benzene rings is 2. The van der Waals surface area contributed by atoms with Crippen LogP contribution in [0.3, 0.4) is 0 Å². The van der Waals surface area contributed by atoms with Crippen molar-refractivity contribution in [1.29, 1.82) is 0 Å². The summed E-state index contributed by atoms with van der Waals surface area (Å²) in [4.78, 5) is 31.9. The molecule has 11 nitrogen and oxygen atoms in total. The molecule has 4 rings (SSSR count). The first-order valence-corrected chi connectivity index (χ1v) is 13.9. The molecule has 0 amide bonds. The topological polar surface area (TPSA) is 124 Å². The van der Waals surface area contributed by atoms with E-state index in [0.717, 1.165) is 23.0 Å². The fourth-order valence-electron chi connectivity index (χ4n) is 4.72. The summed E-state index contributed by atoms with van der Waals surface area (Å²) in [6.07, 6.45) is 1.42. The molecule has 0 saturated heterocycles. The van der Waals surface area contributed by atoms with E-state index in [9.17, 15) is 19.8 Å². The van der Waals surface area contributed by atoms with E-state index in [-0.39, 0.29) is 26.2 Å². The van der Waals surface area contributed by atoms with Gasteiger partial charge in [0, 0.05) is 27.2 Å². The molecule has 4 aromatic rings. The fourth-order valence-corrected chi connectivity index (χ4v) is 4.72. The molecule has 0 fully saturated rings. The van der Waals surface area contributed by atoms with Crippen LogP contribution in [0.2, 0.25) is 0 Å². The number of para-hydroxylation sites is 2. The Hall–Kier alpha value is -3.93. The van der Waals surface area contributed by atoms with Gasteiger partial charge >= 0.3 is 5.69 Å². The van der Waals surface area contributed by atoms with E-state index in [1.165, 1.54) is 10.9 Å². The van der Waals surface area contributed by atoms with Crippen molar-refractivity contribution in [2.24, 2.45) is 14.1 Å². The highest BCUT2D eigenvalue weighted by Crippen LogP contribution is 2.27. The normalized spacial score (nSPS) is 13.0. The van der Waals surface area contributed by atoms with Gasteiger partial charge in [-0.3, -0.25) is 18.8 Å². The molecule has 0 aliphatic rings. The van der Waals surface area contributed by atoms with Crippen LogP contribution >= 0.6 is 0 Å². The second-order valence-electron chi connectivity index (χ2n) is 10.2. The van der Waals surface area contributed by atoms with Crippen molar-refractivity contribution in [2.75, 3.05) is 26.2 Å². The van der Waals surface area contributed by atoms with Gasteiger partial charge < -0.3 is 24.3 Å². The Kier molecular flexibility index (Phi) is 10.3. The predicted octanol–water partition coefficient (Wildman–Crippen LogP) is 1.92. The second-order valence-corrected chi connectivity index (χ2v) is 10.2. The Morgan fingerprint density at radius 1 is 0.927 bits per heavy atom. The van der Waals surface area contributed by atoms with Gasteiger partial charge in [-0.1, -0.05) is 55.8 Å². The first-order chi connectivity index (χ1) is 19.8. The van der Waals surface area contributed by atoms with Gasteiger partial charge in [0.25, 0.3) is 5.56 Å². The number of aliphatic hydroxyl groups excluding tert-OH is 2. The number of aliphatic hydroxyl groups is 2.